The molecule has 1 unspecified atom stereocenters. The summed E-state index contributed by atoms with van der Waals surface area (Å²) in [5, 5.41) is 0. The maximum Gasteiger partial charge on any atom is 0.276 e. The lowest BCUT2D eigenvalue weighted by Crippen LogP contribution is -3.12. The molecule has 6 heteroatoms. The molecular weight excluding hydrogens is 296 g/mol. The van der Waals surface area contributed by atoms with E-state index in [0.717, 1.165) is 16.0 Å². The summed E-state index contributed by atoms with van der Waals surface area (Å²) < 4.78 is 11.2. The van der Waals surface area contributed by atoms with Gasteiger partial charge in [0.1, 0.15) is 6.04 Å². The van der Waals surface area contributed by atoms with E-state index < -0.39 is 12.3 Å². The summed E-state index contributed by atoms with van der Waals surface area (Å²) in [7, 11) is 0. The first-order chi connectivity index (χ1) is 11.2. The number of primary amides is 1. The number of ketones is 1. The summed E-state index contributed by atoms with van der Waals surface area (Å²) in [6, 6.07) is 7.45. The van der Waals surface area contributed by atoms with E-state index in [9.17, 15) is 9.59 Å². The van der Waals surface area contributed by atoms with Crippen LogP contribution in [0, 0.1) is 11.8 Å². The molecule has 0 aromatic heterocycles. The molecule has 1 aromatic carbocycles. The molecule has 4 heterocycles. The Kier molecular flexibility index (Phi) is 2.63. The van der Waals surface area contributed by atoms with Gasteiger partial charge in [0.25, 0.3) is 5.91 Å². The van der Waals surface area contributed by atoms with Crippen molar-refractivity contribution in [1.29, 1.82) is 0 Å². The highest BCUT2D eigenvalue weighted by Gasteiger charge is 2.66. The molecule has 23 heavy (non-hydrogen) atoms. The molecule has 6 nitrogen and oxygen atoms in total. The van der Waals surface area contributed by atoms with Crippen molar-refractivity contribution < 1.29 is 24.0 Å². The molecule has 0 saturated carbocycles. The molecular formula is C17H17N2O4+. The Labute approximate surface area is 132 Å². The normalized spacial score (nSPS) is 43.0. The lowest BCUT2D eigenvalue weighted by atomic mass is 9.76. The van der Waals surface area contributed by atoms with Gasteiger partial charge < -0.3 is 15.2 Å². The minimum absolute atomic E-state index is 0.0555. The monoisotopic (exact) mass is 313 g/mol. The molecule has 5 rings (SSSR count). The third-order valence-electron chi connectivity index (χ3n) is 5.67. The fourth-order valence-electron chi connectivity index (χ4n) is 4.85. The minimum atomic E-state index is -0.785. The van der Waals surface area contributed by atoms with Gasteiger partial charge in [-0.25, -0.2) is 0 Å². The minimum Gasteiger partial charge on any atom is -0.364 e. The molecule has 4 aliphatic rings. The van der Waals surface area contributed by atoms with E-state index in [1.165, 1.54) is 0 Å². The van der Waals surface area contributed by atoms with Crippen molar-refractivity contribution in [2.45, 2.75) is 24.5 Å². The van der Waals surface area contributed by atoms with Crippen LogP contribution < -0.4 is 10.6 Å². The zero-order valence-electron chi connectivity index (χ0n) is 12.3. The Bertz CT molecular complexity index is 746. The Morgan fingerprint density at radius 2 is 2.13 bits per heavy atom. The average molecular weight is 313 g/mol. The predicted molar refractivity (Wildman–Crippen MR) is 78.8 cm³/mol. The molecule has 2 bridgehead atoms. The Balaban J connectivity index is 1.70. The second kappa shape index (κ2) is 4.50. The van der Waals surface area contributed by atoms with Crippen molar-refractivity contribution in [1.82, 2.24) is 0 Å². The highest BCUT2D eigenvalue weighted by molar-refractivity contribution is 5.89. The first-order valence-corrected chi connectivity index (χ1v) is 7.90. The maximum absolute atomic E-state index is 12.9. The van der Waals surface area contributed by atoms with Gasteiger partial charge >= 0.3 is 0 Å². The van der Waals surface area contributed by atoms with E-state index in [-0.39, 0.29) is 35.7 Å². The Morgan fingerprint density at radius 1 is 1.30 bits per heavy atom. The van der Waals surface area contributed by atoms with Crippen molar-refractivity contribution in [2.24, 2.45) is 17.6 Å². The maximum atomic E-state index is 12.9. The van der Waals surface area contributed by atoms with Crippen LogP contribution in [0.3, 0.4) is 0 Å². The number of Topliss-reactive ketones (excluding diaryl/α,β-unsaturated/α-hetero) is 1. The van der Waals surface area contributed by atoms with Crippen LogP contribution in [0.15, 0.2) is 30.5 Å². The molecule has 3 fully saturated rings. The van der Waals surface area contributed by atoms with Crippen LogP contribution in [-0.2, 0) is 19.1 Å². The Hall–Kier alpha value is -2.02. The molecule has 0 spiro atoms. The SMILES string of the molecule is NC(=O)[C@@H]1[C@H]2[C@@H](C(=O)[C@@H]3OC[C@H]2O3)[C@@H]2c3ccccc3C=C[NH+]12. The van der Waals surface area contributed by atoms with E-state index in [0.29, 0.717) is 6.61 Å². The van der Waals surface area contributed by atoms with E-state index in [4.69, 9.17) is 15.2 Å². The van der Waals surface area contributed by atoms with Gasteiger partial charge in [0, 0.05) is 5.56 Å². The standard InChI is InChI=1S/C17H16N2O4/c18-16(21)14-11-10-7-22-17(23-10)15(20)12(11)13-9-4-2-1-3-8(9)5-6-19(13)14/h1-6,10-14,17H,7H2,(H2,18,21)/p+1/t10-,11-,12-,13+,14+,17-/m1/s1. The van der Waals surface area contributed by atoms with Gasteiger partial charge in [-0.15, -0.1) is 0 Å². The number of ether oxygens (including phenoxy) is 2. The molecule has 3 saturated heterocycles. The van der Waals surface area contributed by atoms with Crippen LogP contribution in [0.4, 0.5) is 0 Å². The number of nitrogens with two attached hydrogens (primary N) is 1. The van der Waals surface area contributed by atoms with Crippen molar-refractivity contribution in [3.05, 3.63) is 41.6 Å². The van der Waals surface area contributed by atoms with Crippen molar-refractivity contribution in [2.75, 3.05) is 6.61 Å². The summed E-state index contributed by atoms with van der Waals surface area (Å²) in [6.45, 7) is 0.354. The molecule has 1 aromatic rings. The number of carbonyl (C=O) groups excluding carboxylic acids is 2. The number of rotatable bonds is 1. The topological polar surface area (TPSA) is 83.1 Å². The molecule has 1 amide bonds. The quantitative estimate of drug-likeness (QED) is 0.698. The average Bonchev–Trinajstić information content (AvgIpc) is 3.13. The molecule has 0 radical (unpaired) electrons. The highest BCUT2D eigenvalue weighted by atomic mass is 16.7. The lowest BCUT2D eigenvalue weighted by molar-refractivity contribution is -0.885. The number of amides is 1. The first-order valence-electron chi connectivity index (χ1n) is 7.90. The van der Waals surface area contributed by atoms with Crippen LogP contribution >= 0.6 is 0 Å². The summed E-state index contributed by atoms with van der Waals surface area (Å²) in [5.74, 6) is -0.960. The van der Waals surface area contributed by atoms with Gasteiger partial charge in [0.15, 0.2) is 11.8 Å². The number of carbonyl (C=O) groups is 2. The van der Waals surface area contributed by atoms with Gasteiger partial charge in [0.2, 0.25) is 6.29 Å². The summed E-state index contributed by atoms with van der Waals surface area (Å²) in [4.78, 5) is 26.0. The fraction of sp³-hybridized carbons (Fsp3) is 0.412. The number of fused-ring (bicyclic) bond motifs is 8. The van der Waals surface area contributed by atoms with Crippen molar-refractivity contribution in [3.8, 4) is 0 Å². The van der Waals surface area contributed by atoms with Crippen LogP contribution in [0.1, 0.15) is 17.2 Å². The van der Waals surface area contributed by atoms with Gasteiger partial charge in [0.05, 0.1) is 30.7 Å². The molecule has 0 aliphatic carbocycles. The second-order valence-corrected chi connectivity index (χ2v) is 6.67. The zero-order valence-corrected chi connectivity index (χ0v) is 12.3. The van der Waals surface area contributed by atoms with Crippen LogP contribution in [-0.4, -0.2) is 36.7 Å². The van der Waals surface area contributed by atoms with Gasteiger partial charge in [-0.05, 0) is 11.6 Å². The summed E-state index contributed by atoms with van der Waals surface area (Å²) >= 11 is 0. The van der Waals surface area contributed by atoms with Crippen LogP contribution in [0.25, 0.3) is 6.08 Å². The third kappa shape index (κ3) is 1.63. The van der Waals surface area contributed by atoms with Crippen molar-refractivity contribution >= 4 is 17.8 Å². The van der Waals surface area contributed by atoms with Crippen molar-refractivity contribution in [3.63, 3.8) is 0 Å². The number of benzene rings is 1. The van der Waals surface area contributed by atoms with E-state index in [1.54, 1.807) is 0 Å². The van der Waals surface area contributed by atoms with E-state index in [1.807, 2.05) is 36.5 Å². The molecule has 118 valence electrons. The first kappa shape index (κ1) is 13.4. The van der Waals surface area contributed by atoms with Gasteiger partial charge in [-0.3, -0.25) is 14.5 Å². The summed E-state index contributed by atoms with van der Waals surface area (Å²) in [5.41, 5.74) is 7.90. The van der Waals surface area contributed by atoms with Crippen LogP contribution in [0.2, 0.25) is 0 Å². The summed E-state index contributed by atoms with van der Waals surface area (Å²) in [6.07, 6.45) is 2.96. The van der Waals surface area contributed by atoms with E-state index in [2.05, 4.69) is 0 Å². The largest absolute Gasteiger partial charge is 0.364 e. The predicted octanol–water partition coefficient (Wildman–Crippen LogP) is -0.979. The molecule has 3 N–H and O–H groups in total. The number of quaternary nitrogens is 1. The van der Waals surface area contributed by atoms with E-state index >= 15 is 0 Å². The Morgan fingerprint density at radius 3 is 2.96 bits per heavy atom. The second-order valence-electron chi connectivity index (χ2n) is 6.67. The number of hydrogen-bond acceptors (Lipinski definition) is 4. The van der Waals surface area contributed by atoms with Crippen LogP contribution in [0.5, 0.6) is 0 Å². The third-order valence-corrected chi connectivity index (χ3v) is 5.67. The highest BCUT2D eigenvalue weighted by Crippen LogP contribution is 2.45. The smallest absolute Gasteiger partial charge is 0.276 e. The molecule has 7 atom stereocenters. The number of nitrogens with one attached hydrogen (secondary N) is 1. The fourth-order valence-corrected chi connectivity index (χ4v) is 4.85. The lowest BCUT2D eigenvalue weighted by Gasteiger charge is -2.30. The number of hydrogen-bond donors (Lipinski definition) is 2. The van der Waals surface area contributed by atoms with Gasteiger partial charge in [-0.2, -0.15) is 0 Å². The van der Waals surface area contributed by atoms with Gasteiger partial charge in [-0.1, -0.05) is 24.3 Å². The zero-order chi connectivity index (χ0) is 15.7. The molecule has 4 aliphatic heterocycles.